The number of ether oxygens (including phenoxy) is 1. The van der Waals surface area contributed by atoms with Gasteiger partial charge in [0, 0.05) is 12.5 Å². The highest BCUT2D eigenvalue weighted by Gasteiger charge is 2.61. The number of hydrogen-bond donors (Lipinski definition) is 1. The summed E-state index contributed by atoms with van der Waals surface area (Å²) in [6, 6.07) is 0. The third kappa shape index (κ3) is 2.64. The Bertz CT molecular complexity index is 560. The molecule has 4 aliphatic rings. The number of hydrogen-bond acceptors (Lipinski definition) is 3. The van der Waals surface area contributed by atoms with E-state index in [-0.39, 0.29) is 17.6 Å². The Balaban J connectivity index is 1.60. The van der Waals surface area contributed by atoms with Gasteiger partial charge < -0.3 is 9.84 Å². The van der Waals surface area contributed by atoms with Crippen LogP contribution >= 0.6 is 0 Å². The van der Waals surface area contributed by atoms with Crippen LogP contribution in [-0.2, 0) is 9.53 Å². The predicted octanol–water partition coefficient (Wildman–Crippen LogP) is 4.61. The van der Waals surface area contributed by atoms with E-state index < -0.39 is 0 Å². The molecular weight excluding hydrogens is 324 g/mol. The van der Waals surface area contributed by atoms with Gasteiger partial charge in [0.1, 0.15) is 5.78 Å². The molecule has 0 bridgehead atoms. The fraction of sp³-hybridized carbons (Fsp3) is 0.957. The van der Waals surface area contributed by atoms with Gasteiger partial charge in [-0.25, -0.2) is 0 Å². The van der Waals surface area contributed by atoms with Crippen LogP contribution in [-0.4, -0.2) is 29.7 Å². The number of carbonyl (C=O) groups is 1. The normalized spacial score (nSPS) is 53.5. The zero-order valence-corrected chi connectivity index (χ0v) is 17.2. The smallest absolute Gasteiger partial charge is 0.133 e. The van der Waals surface area contributed by atoms with Gasteiger partial charge >= 0.3 is 0 Å². The van der Waals surface area contributed by atoms with E-state index in [0.717, 1.165) is 37.0 Å². The molecule has 4 aliphatic carbocycles. The van der Waals surface area contributed by atoms with Crippen molar-refractivity contribution in [2.45, 2.75) is 91.3 Å². The molecule has 0 heterocycles. The molecule has 3 heteroatoms. The number of rotatable bonds is 3. The molecule has 3 nitrogen and oxygen atoms in total. The lowest BCUT2D eigenvalue weighted by Gasteiger charge is -2.61. The molecular formula is C23H38O3. The highest BCUT2D eigenvalue weighted by atomic mass is 16.5. The van der Waals surface area contributed by atoms with E-state index in [4.69, 9.17) is 4.74 Å². The maximum atomic E-state index is 12.3. The van der Waals surface area contributed by atoms with E-state index in [1.54, 1.807) is 0 Å². The molecule has 0 radical (unpaired) electrons. The van der Waals surface area contributed by atoms with Crippen LogP contribution in [0.25, 0.3) is 0 Å². The van der Waals surface area contributed by atoms with E-state index in [2.05, 4.69) is 13.8 Å². The van der Waals surface area contributed by atoms with Crippen LogP contribution < -0.4 is 0 Å². The van der Waals surface area contributed by atoms with Crippen molar-refractivity contribution in [3.8, 4) is 0 Å². The monoisotopic (exact) mass is 362 g/mol. The lowest BCUT2D eigenvalue weighted by molar-refractivity contribution is -0.171. The van der Waals surface area contributed by atoms with Gasteiger partial charge in [-0.15, -0.1) is 0 Å². The summed E-state index contributed by atoms with van der Waals surface area (Å²) in [7, 11) is 0. The summed E-state index contributed by atoms with van der Waals surface area (Å²) in [5, 5.41) is 10.6. The van der Waals surface area contributed by atoms with Crippen LogP contribution in [0.15, 0.2) is 0 Å². The van der Waals surface area contributed by atoms with Crippen molar-refractivity contribution in [2.24, 2.45) is 40.4 Å². The maximum Gasteiger partial charge on any atom is 0.133 e. The molecule has 148 valence electrons. The van der Waals surface area contributed by atoms with Gasteiger partial charge in [0.15, 0.2) is 0 Å². The second-order valence-electron chi connectivity index (χ2n) is 10.4. The first-order valence-corrected chi connectivity index (χ1v) is 11.1. The molecule has 4 saturated carbocycles. The lowest BCUT2D eigenvalue weighted by atomic mass is 9.44. The maximum absolute atomic E-state index is 12.3. The first-order chi connectivity index (χ1) is 12.3. The summed E-state index contributed by atoms with van der Waals surface area (Å²) >= 11 is 0. The second kappa shape index (κ2) is 6.58. The molecule has 4 rings (SSSR count). The van der Waals surface area contributed by atoms with Crippen LogP contribution in [0.4, 0.5) is 0 Å². The molecule has 0 aliphatic heterocycles. The van der Waals surface area contributed by atoms with Crippen molar-refractivity contribution in [3.63, 3.8) is 0 Å². The Morgan fingerprint density at radius 2 is 1.81 bits per heavy atom. The minimum atomic E-state index is -0.285. The van der Waals surface area contributed by atoms with Gasteiger partial charge in [0.2, 0.25) is 0 Å². The Hall–Kier alpha value is -0.410. The molecule has 0 aromatic rings. The topological polar surface area (TPSA) is 46.5 Å². The van der Waals surface area contributed by atoms with E-state index in [1.165, 1.54) is 32.1 Å². The third-order valence-electron chi connectivity index (χ3n) is 9.53. The average Bonchev–Trinajstić information content (AvgIpc) is 2.94. The number of Topliss-reactive ketones (excluding diaryl/α,β-unsaturated/α-hetero) is 1. The zero-order chi connectivity index (χ0) is 18.7. The molecule has 0 amide bonds. The summed E-state index contributed by atoms with van der Waals surface area (Å²) in [4.78, 5) is 12.3. The van der Waals surface area contributed by atoms with Gasteiger partial charge in [0.25, 0.3) is 0 Å². The minimum Gasteiger partial charge on any atom is -0.390 e. The predicted molar refractivity (Wildman–Crippen MR) is 103 cm³/mol. The van der Waals surface area contributed by atoms with Crippen molar-refractivity contribution in [2.75, 3.05) is 6.61 Å². The van der Waals surface area contributed by atoms with E-state index >= 15 is 0 Å². The van der Waals surface area contributed by atoms with Gasteiger partial charge in [-0.1, -0.05) is 13.8 Å². The number of aliphatic hydroxyl groups is 1. The van der Waals surface area contributed by atoms with Crippen molar-refractivity contribution in [1.29, 1.82) is 0 Å². The quantitative estimate of drug-likeness (QED) is 0.797. The fourth-order valence-electron chi connectivity index (χ4n) is 8.30. The van der Waals surface area contributed by atoms with Crippen LogP contribution in [0.2, 0.25) is 0 Å². The van der Waals surface area contributed by atoms with Crippen LogP contribution in [0.5, 0.6) is 0 Å². The summed E-state index contributed by atoms with van der Waals surface area (Å²) in [6.45, 7) is 9.48. The molecule has 4 fully saturated rings. The van der Waals surface area contributed by atoms with Gasteiger partial charge in [-0.2, -0.15) is 0 Å². The molecule has 0 aromatic heterocycles. The van der Waals surface area contributed by atoms with Crippen molar-refractivity contribution >= 4 is 5.78 Å². The molecule has 0 spiro atoms. The van der Waals surface area contributed by atoms with E-state index in [9.17, 15) is 9.90 Å². The summed E-state index contributed by atoms with van der Waals surface area (Å²) in [5.74, 6) is 3.61. The van der Waals surface area contributed by atoms with Crippen LogP contribution in [0.3, 0.4) is 0 Å². The van der Waals surface area contributed by atoms with Crippen LogP contribution in [0, 0.1) is 40.4 Å². The zero-order valence-electron chi connectivity index (χ0n) is 17.2. The minimum absolute atomic E-state index is 0.0156. The second-order valence-corrected chi connectivity index (χ2v) is 10.4. The Kier molecular flexibility index (Phi) is 4.79. The van der Waals surface area contributed by atoms with E-state index in [1.807, 2.05) is 13.8 Å². The van der Waals surface area contributed by atoms with Crippen molar-refractivity contribution in [1.82, 2.24) is 0 Å². The third-order valence-corrected chi connectivity index (χ3v) is 9.53. The number of fused-ring (bicyclic) bond motifs is 5. The van der Waals surface area contributed by atoms with Crippen molar-refractivity contribution < 1.29 is 14.6 Å². The lowest BCUT2D eigenvalue weighted by Crippen LogP contribution is -2.57. The average molecular weight is 363 g/mol. The Morgan fingerprint density at radius 3 is 2.50 bits per heavy atom. The molecule has 1 N–H and O–H groups in total. The van der Waals surface area contributed by atoms with Gasteiger partial charge in [-0.05, 0) is 99.7 Å². The first-order valence-electron chi connectivity index (χ1n) is 11.1. The van der Waals surface area contributed by atoms with Crippen molar-refractivity contribution in [3.05, 3.63) is 0 Å². The fourth-order valence-corrected chi connectivity index (χ4v) is 8.30. The highest BCUT2D eigenvalue weighted by Crippen LogP contribution is 2.67. The molecule has 0 aromatic carbocycles. The number of aliphatic hydroxyl groups excluding tert-OH is 1. The van der Waals surface area contributed by atoms with Crippen LogP contribution in [0.1, 0.15) is 79.1 Å². The first kappa shape index (κ1) is 18.9. The molecule has 26 heavy (non-hydrogen) atoms. The van der Waals surface area contributed by atoms with Gasteiger partial charge in [-0.3, -0.25) is 4.79 Å². The van der Waals surface area contributed by atoms with Gasteiger partial charge in [0.05, 0.1) is 12.2 Å². The summed E-state index contributed by atoms with van der Waals surface area (Å²) in [5.41, 5.74) is 0.543. The Labute approximate surface area is 159 Å². The summed E-state index contributed by atoms with van der Waals surface area (Å²) in [6.07, 6.45) is 9.08. The highest BCUT2D eigenvalue weighted by molar-refractivity contribution is 5.79. The summed E-state index contributed by atoms with van der Waals surface area (Å²) < 4.78 is 5.95. The molecule has 3 unspecified atom stereocenters. The van der Waals surface area contributed by atoms with E-state index in [0.29, 0.717) is 29.6 Å². The molecule has 9 atom stereocenters. The number of carbonyl (C=O) groups excluding carboxylic acids is 1. The number of ketones is 1. The standard InChI is InChI=1S/C23H38O3/c1-5-26-21-13-23(4)15(12-20(21)25)6-7-16-18-9-8-17(14(2)24)22(18,3)11-10-19(16)23/h15-21,25H,5-13H2,1-4H3/t15?,16-,17+,18-,19-,20?,21?,22+,23-/m0/s1. The Morgan fingerprint density at radius 1 is 1.08 bits per heavy atom. The molecule has 0 saturated heterocycles. The SMILES string of the molecule is CCOC1C[C@@]2(C)C(CC[C@H]3[C@@H]4CC[C@H](C(C)=O)[C@@]4(C)CC[C@@H]32)CC1O. The largest absolute Gasteiger partial charge is 0.390 e.